The van der Waals surface area contributed by atoms with E-state index in [9.17, 15) is 14.9 Å². The van der Waals surface area contributed by atoms with Gasteiger partial charge in [0, 0.05) is 24.8 Å². The Morgan fingerprint density at radius 1 is 1.24 bits per heavy atom. The van der Waals surface area contributed by atoms with E-state index in [0.717, 1.165) is 12.8 Å². The highest BCUT2D eigenvalue weighted by molar-refractivity contribution is 5.88. The fourth-order valence-corrected chi connectivity index (χ4v) is 2.05. The van der Waals surface area contributed by atoms with Gasteiger partial charge in [0.15, 0.2) is 0 Å². The second-order valence-corrected chi connectivity index (χ2v) is 5.35. The zero-order chi connectivity index (χ0) is 18.2. The Morgan fingerprint density at radius 3 is 2.52 bits per heavy atom. The molecule has 1 amide bonds. The third kappa shape index (κ3) is 5.41. The molecule has 0 spiro atoms. The Morgan fingerprint density at radius 2 is 1.92 bits per heavy atom. The smallest absolute Gasteiger partial charge is 0.329 e. The van der Waals surface area contributed by atoms with Crippen molar-refractivity contribution in [2.45, 2.75) is 26.7 Å². The molecule has 0 bridgehead atoms. The maximum Gasteiger partial charge on any atom is 0.329 e. The van der Waals surface area contributed by atoms with Crippen molar-refractivity contribution in [1.82, 2.24) is 9.97 Å². The van der Waals surface area contributed by atoms with Crippen LogP contribution in [-0.2, 0) is 4.79 Å². The number of rotatable bonds is 8. The number of nitrogens with zero attached hydrogens (tertiary/aromatic N) is 3. The summed E-state index contributed by atoms with van der Waals surface area (Å²) >= 11 is 0. The average Bonchev–Trinajstić information content (AvgIpc) is 2.56. The van der Waals surface area contributed by atoms with E-state index >= 15 is 0 Å². The minimum atomic E-state index is -0.514. The Labute approximate surface area is 145 Å². The molecule has 0 aliphatic rings. The van der Waals surface area contributed by atoms with Crippen molar-refractivity contribution in [3.05, 3.63) is 40.6 Å². The maximum atomic E-state index is 11.1. The lowest BCUT2D eigenvalue weighted by Gasteiger charge is -2.09. The molecule has 3 N–H and O–H groups in total. The van der Waals surface area contributed by atoms with Crippen LogP contribution in [0.25, 0.3) is 0 Å². The van der Waals surface area contributed by atoms with Gasteiger partial charge >= 0.3 is 5.69 Å². The SMILES string of the molecule is CCCCNc1nc(Nc2ccc(NC(C)=O)cc2)ncc1[N+](=O)[O-]. The summed E-state index contributed by atoms with van der Waals surface area (Å²) < 4.78 is 0. The van der Waals surface area contributed by atoms with E-state index in [2.05, 4.69) is 25.9 Å². The van der Waals surface area contributed by atoms with Gasteiger partial charge in [0.25, 0.3) is 0 Å². The van der Waals surface area contributed by atoms with Crippen LogP contribution in [0, 0.1) is 10.1 Å². The van der Waals surface area contributed by atoms with Gasteiger partial charge in [0.2, 0.25) is 17.7 Å². The van der Waals surface area contributed by atoms with Crippen LogP contribution in [0.15, 0.2) is 30.5 Å². The van der Waals surface area contributed by atoms with Crippen molar-refractivity contribution in [3.8, 4) is 0 Å². The molecule has 9 heteroatoms. The third-order valence-corrected chi connectivity index (χ3v) is 3.25. The van der Waals surface area contributed by atoms with E-state index in [4.69, 9.17) is 0 Å². The predicted octanol–water partition coefficient (Wildman–Crippen LogP) is 3.30. The molecule has 1 aromatic carbocycles. The summed E-state index contributed by atoms with van der Waals surface area (Å²) in [6.45, 7) is 4.07. The Balaban J connectivity index is 2.14. The number of unbranched alkanes of at least 4 members (excludes halogenated alkanes) is 1. The summed E-state index contributed by atoms with van der Waals surface area (Å²) in [5, 5.41) is 19.7. The minimum Gasteiger partial charge on any atom is -0.364 e. The first kappa shape index (κ1) is 18.1. The molecule has 0 aliphatic carbocycles. The molecule has 2 rings (SSSR count). The summed E-state index contributed by atoms with van der Waals surface area (Å²) in [7, 11) is 0. The maximum absolute atomic E-state index is 11.1. The number of hydrogen-bond acceptors (Lipinski definition) is 7. The van der Waals surface area contributed by atoms with Gasteiger partial charge in [-0.3, -0.25) is 14.9 Å². The third-order valence-electron chi connectivity index (χ3n) is 3.25. The molecule has 0 atom stereocenters. The first-order chi connectivity index (χ1) is 12.0. The van der Waals surface area contributed by atoms with E-state index in [1.807, 2.05) is 6.92 Å². The number of carbonyl (C=O) groups is 1. The Hall–Kier alpha value is -3.23. The Bertz CT molecular complexity index is 748. The summed E-state index contributed by atoms with van der Waals surface area (Å²) in [6.07, 6.45) is 3.03. The molecule has 9 nitrogen and oxygen atoms in total. The highest BCUT2D eigenvalue weighted by Crippen LogP contribution is 2.24. The number of hydrogen-bond donors (Lipinski definition) is 3. The van der Waals surface area contributed by atoms with E-state index in [1.165, 1.54) is 13.1 Å². The number of anilines is 4. The van der Waals surface area contributed by atoms with E-state index < -0.39 is 4.92 Å². The van der Waals surface area contributed by atoms with Crippen molar-refractivity contribution in [2.24, 2.45) is 0 Å². The summed E-state index contributed by atoms with van der Waals surface area (Å²) in [5.74, 6) is 0.282. The van der Waals surface area contributed by atoms with Crippen LogP contribution in [0.3, 0.4) is 0 Å². The van der Waals surface area contributed by atoms with Crippen LogP contribution >= 0.6 is 0 Å². The van der Waals surface area contributed by atoms with Gasteiger partial charge in [-0.25, -0.2) is 4.98 Å². The first-order valence-electron chi connectivity index (χ1n) is 7.89. The largest absolute Gasteiger partial charge is 0.364 e. The molecule has 0 radical (unpaired) electrons. The minimum absolute atomic E-state index is 0.151. The highest BCUT2D eigenvalue weighted by Gasteiger charge is 2.17. The fraction of sp³-hybridized carbons (Fsp3) is 0.312. The summed E-state index contributed by atoms with van der Waals surface area (Å²) in [4.78, 5) is 29.7. The van der Waals surface area contributed by atoms with Crippen molar-refractivity contribution >= 4 is 34.7 Å². The highest BCUT2D eigenvalue weighted by atomic mass is 16.6. The van der Waals surface area contributed by atoms with Crippen molar-refractivity contribution in [1.29, 1.82) is 0 Å². The Kier molecular flexibility index (Phi) is 6.21. The summed E-state index contributed by atoms with van der Waals surface area (Å²) in [5.41, 5.74) is 1.20. The predicted molar refractivity (Wildman–Crippen MR) is 96.1 cm³/mol. The summed E-state index contributed by atoms with van der Waals surface area (Å²) in [6, 6.07) is 6.96. The van der Waals surface area contributed by atoms with Crippen molar-refractivity contribution < 1.29 is 9.72 Å². The molecule has 1 heterocycles. The van der Waals surface area contributed by atoms with E-state index in [1.54, 1.807) is 24.3 Å². The molecule has 0 saturated carbocycles. The molecule has 25 heavy (non-hydrogen) atoms. The van der Waals surface area contributed by atoms with Crippen LogP contribution in [0.5, 0.6) is 0 Å². The molecule has 2 aromatic rings. The van der Waals surface area contributed by atoms with E-state index in [0.29, 0.717) is 17.9 Å². The zero-order valence-electron chi connectivity index (χ0n) is 14.1. The quantitative estimate of drug-likeness (QED) is 0.381. The van der Waals surface area contributed by atoms with Crippen LogP contribution in [0.2, 0.25) is 0 Å². The normalized spacial score (nSPS) is 10.2. The second kappa shape index (κ2) is 8.57. The number of benzene rings is 1. The van der Waals surface area contributed by atoms with Crippen LogP contribution < -0.4 is 16.0 Å². The van der Waals surface area contributed by atoms with Gasteiger partial charge in [0.1, 0.15) is 6.20 Å². The molecular formula is C16H20N6O3. The second-order valence-electron chi connectivity index (χ2n) is 5.35. The molecule has 132 valence electrons. The number of carbonyl (C=O) groups excluding carboxylic acids is 1. The van der Waals surface area contributed by atoms with Gasteiger partial charge in [-0.15, -0.1) is 0 Å². The van der Waals surface area contributed by atoms with Gasteiger partial charge in [-0.05, 0) is 30.7 Å². The van der Waals surface area contributed by atoms with Gasteiger partial charge in [0.05, 0.1) is 4.92 Å². The van der Waals surface area contributed by atoms with E-state index in [-0.39, 0.29) is 23.4 Å². The molecule has 0 fully saturated rings. The van der Waals surface area contributed by atoms with Gasteiger partial charge in [-0.1, -0.05) is 13.3 Å². The molecule has 1 aromatic heterocycles. The van der Waals surface area contributed by atoms with Crippen LogP contribution in [0.4, 0.5) is 28.8 Å². The zero-order valence-corrected chi connectivity index (χ0v) is 14.1. The lowest BCUT2D eigenvalue weighted by molar-refractivity contribution is -0.384. The number of amides is 1. The topological polar surface area (TPSA) is 122 Å². The first-order valence-corrected chi connectivity index (χ1v) is 7.89. The lowest BCUT2D eigenvalue weighted by Crippen LogP contribution is -2.08. The number of aromatic nitrogens is 2. The monoisotopic (exact) mass is 344 g/mol. The lowest BCUT2D eigenvalue weighted by atomic mass is 10.3. The number of nitrogens with one attached hydrogen (secondary N) is 3. The fourth-order valence-electron chi connectivity index (χ4n) is 2.05. The molecule has 0 saturated heterocycles. The van der Waals surface area contributed by atoms with Crippen molar-refractivity contribution in [3.63, 3.8) is 0 Å². The van der Waals surface area contributed by atoms with Gasteiger partial charge in [-0.2, -0.15) is 4.98 Å². The molecular weight excluding hydrogens is 324 g/mol. The van der Waals surface area contributed by atoms with Crippen LogP contribution in [-0.4, -0.2) is 27.3 Å². The van der Waals surface area contributed by atoms with Crippen LogP contribution in [0.1, 0.15) is 26.7 Å². The van der Waals surface area contributed by atoms with Crippen molar-refractivity contribution in [2.75, 3.05) is 22.5 Å². The van der Waals surface area contributed by atoms with Gasteiger partial charge < -0.3 is 16.0 Å². The number of nitro groups is 1. The molecule has 0 aliphatic heterocycles. The average molecular weight is 344 g/mol. The molecule has 0 unspecified atom stereocenters. The standard InChI is InChI=1S/C16H20N6O3/c1-3-4-9-17-15-14(22(24)25)10-18-16(21-15)20-13-7-5-12(6-8-13)19-11(2)23/h5-8,10H,3-4,9H2,1-2H3,(H,19,23)(H2,17,18,20,21).